The van der Waals surface area contributed by atoms with E-state index in [1.54, 1.807) is 0 Å². The first-order chi connectivity index (χ1) is 15.1. The van der Waals surface area contributed by atoms with Crippen LogP contribution in [0.25, 0.3) is 0 Å². The van der Waals surface area contributed by atoms with Gasteiger partial charge in [0.2, 0.25) is 5.78 Å². The Bertz CT molecular complexity index is 957. The Morgan fingerprint density at radius 3 is 2.47 bits per heavy atom. The average molecular weight is 437 g/mol. The van der Waals surface area contributed by atoms with Gasteiger partial charge in [-0.25, -0.2) is 0 Å². The molecule has 0 radical (unpaired) electrons. The molecule has 6 atom stereocenters. The number of aliphatic hydroxyl groups is 1. The van der Waals surface area contributed by atoms with Crippen molar-refractivity contribution in [1.82, 2.24) is 0 Å². The van der Waals surface area contributed by atoms with Crippen molar-refractivity contribution < 1.29 is 19.4 Å². The highest BCUT2D eigenvalue weighted by molar-refractivity contribution is 6.03. The lowest BCUT2D eigenvalue weighted by Gasteiger charge is -2.35. The van der Waals surface area contributed by atoms with Gasteiger partial charge in [0.1, 0.15) is 0 Å². The number of ketones is 1. The first-order valence-electron chi connectivity index (χ1n) is 11.9. The maximum Gasteiger partial charge on any atom is 0.303 e. The second kappa shape index (κ2) is 8.30. The van der Waals surface area contributed by atoms with Crippen molar-refractivity contribution in [2.24, 2.45) is 29.1 Å². The summed E-state index contributed by atoms with van der Waals surface area (Å²) in [5.74, 6) is 0.163. The van der Waals surface area contributed by atoms with Crippen LogP contribution in [-0.2, 0) is 14.3 Å². The Kier molecular flexibility index (Phi) is 5.96. The van der Waals surface area contributed by atoms with Crippen LogP contribution < -0.4 is 0 Å². The summed E-state index contributed by atoms with van der Waals surface area (Å²) in [5.41, 5.74) is 1.67. The highest BCUT2D eigenvalue weighted by Crippen LogP contribution is 2.62. The van der Waals surface area contributed by atoms with Crippen molar-refractivity contribution in [3.63, 3.8) is 0 Å². The van der Waals surface area contributed by atoms with Crippen LogP contribution in [0, 0.1) is 29.1 Å². The molecule has 0 unspecified atom stereocenters. The van der Waals surface area contributed by atoms with E-state index in [0.717, 1.165) is 24.0 Å². The highest BCUT2D eigenvalue weighted by Gasteiger charge is 2.60. The lowest BCUT2D eigenvalue weighted by molar-refractivity contribution is -0.167. The predicted molar refractivity (Wildman–Crippen MR) is 125 cm³/mol. The molecule has 4 heteroatoms. The number of rotatable bonds is 3. The number of esters is 1. The van der Waals surface area contributed by atoms with Crippen molar-refractivity contribution in [3.05, 3.63) is 59.2 Å². The minimum absolute atomic E-state index is 0.0283. The molecule has 1 N–H and O–H groups in total. The average Bonchev–Trinajstić information content (AvgIpc) is 3.13. The van der Waals surface area contributed by atoms with Gasteiger partial charge in [0.05, 0.1) is 6.61 Å². The van der Waals surface area contributed by atoms with Crippen LogP contribution in [0.2, 0.25) is 0 Å². The fraction of sp³-hybridized carbons (Fsp3) is 0.571. The molecular formula is C28H36O4. The van der Waals surface area contributed by atoms with Crippen molar-refractivity contribution in [2.45, 2.75) is 65.4 Å². The van der Waals surface area contributed by atoms with E-state index in [-0.39, 0.29) is 35.6 Å². The van der Waals surface area contributed by atoms with E-state index in [1.807, 2.05) is 25.1 Å². The maximum absolute atomic E-state index is 14.1. The number of Topliss-reactive ketones (excluding diaryl/α,β-unsaturated/α-hetero) is 1. The van der Waals surface area contributed by atoms with E-state index in [0.29, 0.717) is 23.8 Å². The summed E-state index contributed by atoms with van der Waals surface area (Å²) in [7, 11) is 0. The SMILES string of the molecule is CC(=O)O[C@]12C[C@H](C)[C@H](c3ccccc3)[C@@H]1/C=C(\CO)CC[C@H]1[C@@H](/C=C(\C)C2=O)C1(C)C. The Hall–Kier alpha value is -2.20. The predicted octanol–water partition coefficient (Wildman–Crippen LogP) is 5.23. The number of carbonyl (C=O) groups excluding carboxylic acids is 2. The van der Waals surface area contributed by atoms with Crippen LogP contribution in [-0.4, -0.2) is 29.1 Å². The third kappa shape index (κ3) is 3.77. The number of ether oxygens (including phenoxy) is 1. The Balaban J connectivity index is 1.89. The molecule has 2 saturated carbocycles. The molecule has 1 aromatic rings. The molecule has 3 aliphatic carbocycles. The van der Waals surface area contributed by atoms with Gasteiger partial charge >= 0.3 is 5.97 Å². The van der Waals surface area contributed by atoms with Crippen LogP contribution in [0.15, 0.2) is 53.6 Å². The summed E-state index contributed by atoms with van der Waals surface area (Å²) in [6.45, 7) is 9.87. The molecule has 0 aromatic heterocycles. The molecule has 0 spiro atoms. The minimum atomic E-state index is -1.24. The molecule has 0 heterocycles. The number of hydrogen-bond acceptors (Lipinski definition) is 4. The maximum atomic E-state index is 14.1. The zero-order chi connectivity index (χ0) is 23.3. The Morgan fingerprint density at radius 1 is 1.16 bits per heavy atom. The van der Waals surface area contributed by atoms with E-state index < -0.39 is 11.6 Å². The molecule has 0 saturated heterocycles. The van der Waals surface area contributed by atoms with Crippen molar-refractivity contribution in [1.29, 1.82) is 0 Å². The van der Waals surface area contributed by atoms with Crippen molar-refractivity contribution in [3.8, 4) is 0 Å². The number of hydrogen-bond donors (Lipinski definition) is 1. The Labute approximate surface area is 191 Å². The molecule has 32 heavy (non-hydrogen) atoms. The van der Waals surface area contributed by atoms with Gasteiger partial charge in [0, 0.05) is 12.8 Å². The fourth-order valence-corrected chi connectivity index (χ4v) is 6.65. The normalized spacial score (nSPS) is 39.4. The van der Waals surface area contributed by atoms with E-state index in [9.17, 15) is 14.7 Å². The smallest absolute Gasteiger partial charge is 0.303 e. The molecule has 1 aromatic carbocycles. The molecular weight excluding hydrogens is 400 g/mol. The van der Waals surface area contributed by atoms with Crippen molar-refractivity contribution in [2.75, 3.05) is 6.61 Å². The second-order valence-electron chi connectivity index (χ2n) is 10.8. The zero-order valence-corrected chi connectivity index (χ0v) is 19.9. The van der Waals surface area contributed by atoms with Gasteiger partial charge < -0.3 is 9.84 Å². The van der Waals surface area contributed by atoms with E-state index in [1.165, 1.54) is 6.92 Å². The Morgan fingerprint density at radius 2 is 1.84 bits per heavy atom. The standard InChI is InChI=1S/C28H36O4/c1-17-13-23-22(27(23,4)5)12-11-20(16-29)14-24-25(21-9-7-6-8-10-21)18(2)15-28(24,26(17)31)32-19(3)30/h6-10,13-14,18,22-25,29H,11-12,15-16H2,1-5H3/b17-13+,20-14-/t18-,22-,23+,24-,25+,28+/m0/s1. The number of fused-ring (bicyclic) bond motifs is 2. The summed E-state index contributed by atoms with van der Waals surface area (Å²) in [5, 5.41) is 10.2. The topological polar surface area (TPSA) is 63.6 Å². The van der Waals surface area contributed by atoms with Crippen LogP contribution in [0.1, 0.15) is 65.4 Å². The monoisotopic (exact) mass is 436 g/mol. The van der Waals surface area contributed by atoms with Gasteiger partial charge in [-0.15, -0.1) is 0 Å². The number of aliphatic hydroxyl groups excluding tert-OH is 1. The summed E-state index contributed by atoms with van der Waals surface area (Å²) in [6, 6.07) is 10.2. The first-order valence-corrected chi connectivity index (χ1v) is 11.9. The molecule has 0 aliphatic heterocycles. The lowest BCUT2D eigenvalue weighted by Crippen LogP contribution is -2.47. The summed E-state index contributed by atoms with van der Waals surface area (Å²) >= 11 is 0. The quantitative estimate of drug-likeness (QED) is 0.521. The molecule has 0 bridgehead atoms. The van der Waals surface area contributed by atoms with Gasteiger partial charge in [0.15, 0.2) is 5.60 Å². The van der Waals surface area contributed by atoms with Gasteiger partial charge in [0.25, 0.3) is 0 Å². The molecule has 3 aliphatic rings. The van der Waals surface area contributed by atoms with E-state index >= 15 is 0 Å². The van der Waals surface area contributed by atoms with Crippen LogP contribution in [0.4, 0.5) is 0 Å². The van der Waals surface area contributed by atoms with Gasteiger partial charge in [-0.2, -0.15) is 0 Å². The highest BCUT2D eigenvalue weighted by atomic mass is 16.6. The molecule has 2 fully saturated rings. The largest absolute Gasteiger partial charge is 0.450 e. The van der Waals surface area contributed by atoms with Crippen LogP contribution >= 0.6 is 0 Å². The first kappa shape index (κ1) is 23.0. The minimum Gasteiger partial charge on any atom is -0.450 e. The van der Waals surface area contributed by atoms with Gasteiger partial charge in [-0.05, 0) is 72.0 Å². The van der Waals surface area contributed by atoms with Crippen LogP contribution in [0.3, 0.4) is 0 Å². The number of allylic oxidation sites excluding steroid dienone is 1. The van der Waals surface area contributed by atoms with E-state index in [2.05, 4.69) is 45.1 Å². The molecule has 4 rings (SSSR count). The summed E-state index contributed by atoms with van der Waals surface area (Å²) < 4.78 is 6.02. The third-order valence-corrected chi connectivity index (χ3v) is 8.38. The van der Waals surface area contributed by atoms with E-state index in [4.69, 9.17) is 4.74 Å². The zero-order valence-electron chi connectivity index (χ0n) is 19.9. The molecule has 0 amide bonds. The summed E-state index contributed by atoms with van der Waals surface area (Å²) in [4.78, 5) is 26.4. The second-order valence-corrected chi connectivity index (χ2v) is 10.8. The van der Waals surface area contributed by atoms with Gasteiger partial charge in [-0.3, -0.25) is 9.59 Å². The molecule has 172 valence electrons. The lowest BCUT2D eigenvalue weighted by atomic mass is 9.76. The van der Waals surface area contributed by atoms with Crippen LogP contribution in [0.5, 0.6) is 0 Å². The fourth-order valence-electron chi connectivity index (χ4n) is 6.65. The molecule has 4 nitrogen and oxygen atoms in total. The summed E-state index contributed by atoms with van der Waals surface area (Å²) in [6.07, 6.45) is 6.46. The third-order valence-electron chi connectivity index (χ3n) is 8.38. The van der Waals surface area contributed by atoms with Gasteiger partial charge in [-0.1, -0.05) is 63.3 Å². The number of benzene rings is 1. The van der Waals surface area contributed by atoms with Crippen molar-refractivity contribution >= 4 is 11.8 Å². The number of carbonyl (C=O) groups is 2.